The molecule has 3 rings (SSSR count). The molecule has 0 spiro atoms. The normalized spacial score (nSPS) is 10.6. The van der Waals surface area contributed by atoms with E-state index in [1.54, 1.807) is 13.2 Å². The third-order valence-electron chi connectivity index (χ3n) is 4.19. The fourth-order valence-electron chi connectivity index (χ4n) is 2.77. The number of ether oxygens (including phenoxy) is 2. The highest BCUT2D eigenvalue weighted by molar-refractivity contribution is 6.31. The summed E-state index contributed by atoms with van der Waals surface area (Å²) in [5, 5.41) is 3.78. The summed E-state index contributed by atoms with van der Waals surface area (Å²) in [7, 11) is 1.67. The van der Waals surface area contributed by atoms with Crippen LogP contribution in [0.2, 0.25) is 5.02 Å². The maximum absolute atomic E-state index is 13.2. The van der Waals surface area contributed by atoms with Crippen LogP contribution in [-0.2, 0) is 19.7 Å². The van der Waals surface area contributed by atoms with Gasteiger partial charge in [0.05, 0.1) is 12.1 Å². The summed E-state index contributed by atoms with van der Waals surface area (Å²) in [5.41, 5.74) is 2.87. The first-order valence-corrected chi connectivity index (χ1v) is 9.02. The van der Waals surface area contributed by atoms with Gasteiger partial charge >= 0.3 is 0 Å². The van der Waals surface area contributed by atoms with Gasteiger partial charge in [0.15, 0.2) is 0 Å². The predicted molar refractivity (Wildman–Crippen MR) is 106 cm³/mol. The van der Waals surface area contributed by atoms with Crippen molar-refractivity contribution in [2.24, 2.45) is 0 Å². The van der Waals surface area contributed by atoms with Gasteiger partial charge in [-0.25, -0.2) is 4.39 Å². The average molecular weight is 386 g/mol. The molecule has 3 aromatic carbocycles. The zero-order chi connectivity index (χ0) is 19.1. The molecule has 0 heterocycles. The Morgan fingerprint density at radius 3 is 2.15 bits per heavy atom. The first-order valence-electron chi connectivity index (χ1n) is 8.64. The second-order valence-electron chi connectivity index (χ2n) is 6.05. The molecule has 0 fully saturated rings. The largest absolute Gasteiger partial charge is 0.496 e. The zero-order valence-corrected chi connectivity index (χ0v) is 15.8. The number of benzene rings is 3. The van der Waals surface area contributed by atoms with Crippen molar-refractivity contribution in [3.63, 3.8) is 0 Å². The van der Waals surface area contributed by atoms with E-state index in [-0.39, 0.29) is 12.4 Å². The van der Waals surface area contributed by atoms with E-state index >= 15 is 0 Å². The Morgan fingerprint density at radius 2 is 1.48 bits per heavy atom. The van der Waals surface area contributed by atoms with Crippen LogP contribution in [0.3, 0.4) is 0 Å². The lowest BCUT2D eigenvalue weighted by Gasteiger charge is -2.14. The molecule has 0 aliphatic carbocycles. The number of nitrogens with one attached hydrogen (secondary N) is 1. The monoisotopic (exact) mass is 385 g/mol. The number of halogens is 2. The van der Waals surface area contributed by atoms with E-state index in [9.17, 15) is 4.39 Å². The Balaban J connectivity index is 1.62. The first-order chi connectivity index (χ1) is 13.2. The molecule has 3 nitrogen and oxygen atoms in total. The molecule has 0 saturated heterocycles. The standard InChI is InChI=1S/C22H21ClFNO2/c1-26-21-8-4-2-6-16(21)13-25-14-17-7-3-5-9-22(17)27-15-18-10-11-19(24)12-20(18)23/h2-12,25H,13-15H2,1H3. The molecule has 0 aliphatic rings. The number of rotatable bonds is 8. The fraction of sp³-hybridized carbons (Fsp3) is 0.182. The molecule has 5 heteroatoms. The predicted octanol–water partition coefficient (Wildman–Crippen LogP) is 5.36. The van der Waals surface area contributed by atoms with Crippen LogP contribution < -0.4 is 14.8 Å². The molecule has 0 saturated carbocycles. The molecule has 1 N–H and O–H groups in total. The molecule has 0 unspecified atom stereocenters. The van der Waals surface area contributed by atoms with E-state index in [1.165, 1.54) is 12.1 Å². The summed E-state index contributed by atoms with van der Waals surface area (Å²) in [6, 6.07) is 20.0. The lowest BCUT2D eigenvalue weighted by molar-refractivity contribution is 0.302. The smallest absolute Gasteiger partial charge is 0.124 e. The van der Waals surface area contributed by atoms with Crippen molar-refractivity contribution in [1.82, 2.24) is 5.32 Å². The zero-order valence-electron chi connectivity index (χ0n) is 15.0. The maximum Gasteiger partial charge on any atom is 0.124 e. The van der Waals surface area contributed by atoms with Crippen molar-refractivity contribution in [2.75, 3.05) is 7.11 Å². The molecule has 0 radical (unpaired) electrons. The molecule has 0 aromatic heterocycles. The molecule has 27 heavy (non-hydrogen) atoms. The lowest BCUT2D eigenvalue weighted by Crippen LogP contribution is -2.14. The van der Waals surface area contributed by atoms with Crippen molar-refractivity contribution in [1.29, 1.82) is 0 Å². The molecular weight excluding hydrogens is 365 g/mol. The van der Waals surface area contributed by atoms with Crippen LogP contribution in [0.4, 0.5) is 4.39 Å². The summed E-state index contributed by atoms with van der Waals surface area (Å²) in [6.07, 6.45) is 0. The van der Waals surface area contributed by atoms with Gasteiger partial charge in [0.2, 0.25) is 0 Å². The highest BCUT2D eigenvalue weighted by Gasteiger charge is 2.07. The second-order valence-corrected chi connectivity index (χ2v) is 6.45. The Labute approximate surface area is 163 Å². The molecule has 0 amide bonds. The van der Waals surface area contributed by atoms with E-state index in [2.05, 4.69) is 5.32 Å². The summed E-state index contributed by atoms with van der Waals surface area (Å²) >= 11 is 6.07. The van der Waals surface area contributed by atoms with Gasteiger partial charge in [-0.2, -0.15) is 0 Å². The van der Waals surface area contributed by atoms with Crippen LogP contribution in [-0.4, -0.2) is 7.11 Å². The van der Waals surface area contributed by atoms with Crippen molar-refractivity contribution >= 4 is 11.6 Å². The Hall–Kier alpha value is -2.56. The lowest BCUT2D eigenvalue weighted by atomic mass is 10.1. The minimum Gasteiger partial charge on any atom is -0.496 e. The minimum atomic E-state index is -0.357. The summed E-state index contributed by atoms with van der Waals surface area (Å²) < 4.78 is 24.5. The first kappa shape index (κ1) is 19.2. The van der Waals surface area contributed by atoms with Crippen LogP contribution in [0.5, 0.6) is 11.5 Å². The highest BCUT2D eigenvalue weighted by Crippen LogP contribution is 2.23. The fourth-order valence-corrected chi connectivity index (χ4v) is 2.99. The minimum absolute atomic E-state index is 0.280. The van der Waals surface area contributed by atoms with Crippen LogP contribution in [0, 0.1) is 5.82 Å². The van der Waals surface area contributed by atoms with Crippen LogP contribution in [0.15, 0.2) is 66.7 Å². The topological polar surface area (TPSA) is 30.5 Å². The molecule has 3 aromatic rings. The molecule has 0 bridgehead atoms. The van der Waals surface area contributed by atoms with Crippen LogP contribution >= 0.6 is 11.6 Å². The molecule has 0 aliphatic heterocycles. The molecular formula is C22H21ClFNO2. The summed E-state index contributed by atoms with van der Waals surface area (Å²) in [5.74, 6) is 1.27. The third-order valence-corrected chi connectivity index (χ3v) is 4.55. The Bertz CT molecular complexity index is 901. The Kier molecular flexibility index (Phi) is 6.69. The van der Waals surface area contributed by atoms with E-state index in [0.717, 1.165) is 28.2 Å². The second kappa shape index (κ2) is 9.40. The maximum atomic E-state index is 13.2. The SMILES string of the molecule is COc1ccccc1CNCc1ccccc1OCc1ccc(F)cc1Cl. The van der Waals surface area contributed by atoms with Crippen molar-refractivity contribution in [3.05, 3.63) is 94.3 Å². The summed E-state index contributed by atoms with van der Waals surface area (Å²) in [4.78, 5) is 0. The molecule has 0 atom stereocenters. The Morgan fingerprint density at radius 1 is 0.852 bits per heavy atom. The third kappa shape index (κ3) is 5.22. The van der Waals surface area contributed by atoms with E-state index < -0.39 is 0 Å². The van der Waals surface area contributed by atoms with E-state index in [4.69, 9.17) is 21.1 Å². The summed E-state index contributed by atoms with van der Waals surface area (Å²) in [6.45, 7) is 1.61. The quantitative estimate of drug-likeness (QED) is 0.566. The van der Waals surface area contributed by atoms with Gasteiger partial charge in [0.1, 0.15) is 23.9 Å². The highest BCUT2D eigenvalue weighted by atomic mass is 35.5. The van der Waals surface area contributed by atoms with Gasteiger partial charge in [-0.3, -0.25) is 0 Å². The number of methoxy groups -OCH3 is 1. The number of hydrogen-bond acceptors (Lipinski definition) is 3. The molecule has 140 valence electrons. The van der Waals surface area contributed by atoms with E-state index in [0.29, 0.717) is 18.1 Å². The van der Waals surface area contributed by atoms with E-state index in [1.807, 2.05) is 48.5 Å². The van der Waals surface area contributed by atoms with Gasteiger partial charge in [-0.15, -0.1) is 0 Å². The van der Waals surface area contributed by atoms with Crippen LogP contribution in [0.25, 0.3) is 0 Å². The van der Waals surface area contributed by atoms with Gasteiger partial charge in [0.25, 0.3) is 0 Å². The van der Waals surface area contributed by atoms with Crippen molar-refractivity contribution < 1.29 is 13.9 Å². The van der Waals surface area contributed by atoms with Crippen molar-refractivity contribution in [3.8, 4) is 11.5 Å². The number of hydrogen-bond donors (Lipinski definition) is 1. The van der Waals surface area contributed by atoms with Gasteiger partial charge in [-0.05, 0) is 24.3 Å². The van der Waals surface area contributed by atoms with Gasteiger partial charge in [-0.1, -0.05) is 54.1 Å². The number of para-hydroxylation sites is 2. The van der Waals surface area contributed by atoms with Gasteiger partial charge in [0, 0.05) is 29.8 Å². The van der Waals surface area contributed by atoms with Gasteiger partial charge < -0.3 is 14.8 Å². The van der Waals surface area contributed by atoms with Crippen molar-refractivity contribution in [2.45, 2.75) is 19.7 Å². The average Bonchev–Trinajstić information content (AvgIpc) is 2.68. The van der Waals surface area contributed by atoms with Crippen LogP contribution in [0.1, 0.15) is 16.7 Å².